The monoisotopic (exact) mass is 477 g/mol. The van der Waals surface area contributed by atoms with E-state index in [1.165, 1.54) is 33.3 Å². The van der Waals surface area contributed by atoms with E-state index in [1.807, 2.05) is 0 Å². The van der Waals surface area contributed by atoms with Crippen LogP contribution in [0.3, 0.4) is 0 Å². The van der Waals surface area contributed by atoms with Crippen molar-refractivity contribution in [3.63, 3.8) is 0 Å². The Kier molecular flexibility index (Phi) is 9.49. The lowest BCUT2D eigenvalue weighted by Gasteiger charge is -2.17. The summed E-state index contributed by atoms with van der Waals surface area (Å²) in [5.41, 5.74) is 5.23. The molecule has 1 unspecified atom stereocenters. The van der Waals surface area contributed by atoms with Gasteiger partial charge in [-0.3, -0.25) is 30.0 Å². The van der Waals surface area contributed by atoms with Crippen molar-refractivity contribution >= 4 is 35.3 Å². The molecular weight excluding hydrogens is 454 g/mol. The van der Waals surface area contributed by atoms with Gasteiger partial charge in [0, 0.05) is 17.5 Å². The Balaban J connectivity index is 1.85. The van der Waals surface area contributed by atoms with Gasteiger partial charge in [-0.15, -0.1) is 0 Å². The summed E-state index contributed by atoms with van der Waals surface area (Å²) in [6.45, 7) is 0.696. The van der Waals surface area contributed by atoms with Gasteiger partial charge in [0.25, 0.3) is 11.8 Å². The lowest BCUT2D eigenvalue weighted by molar-refractivity contribution is -0.149. The predicted octanol–water partition coefficient (Wildman–Crippen LogP) is 1.93. The van der Waals surface area contributed by atoms with Crippen LogP contribution in [-0.4, -0.2) is 44.5 Å². The Morgan fingerprint density at radius 3 is 2.21 bits per heavy atom. The van der Waals surface area contributed by atoms with Gasteiger partial charge in [0.05, 0.1) is 26.7 Å². The lowest BCUT2D eigenvalue weighted by atomic mass is 10.0. The van der Waals surface area contributed by atoms with Crippen LogP contribution in [0.5, 0.6) is 11.5 Å². The van der Waals surface area contributed by atoms with Crippen molar-refractivity contribution in [3.05, 3.63) is 58.6 Å². The molecule has 0 aromatic heterocycles. The second-order valence-electron chi connectivity index (χ2n) is 6.74. The number of benzene rings is 2. The molecular formula is C22H24ClN3O7. The number of hydrogen-bond donors (Lipinski definition) is 3. The van der Waals surface area contributed by atoms with Crippen LogP contribution in [0.2, 0.25) is 5.02 Å². The van der Waals surface area contributed by atoms with Gasteiger partial charge < -0.3 is 19.5 Å². The third-order valence-electron chi connectivity index (χ3n) is 4.35. The average Bonchev–Trinajstić information content (AvgIpc) is 2.80. The van der Waals surface area contributed by atoms with Gasteiger partial charge in [-0.25, -0.2) is 0 Å². The van der Waals surface area contributed by atoms with E-state index in [0.29, 0.717) is 22.1 Å². The second kappa shape index (κ2) is 12.3. The minimum Gasteiger partial charge on any atom is -0.493 e. The Hall–Kier alpha value is -3.79. The van der Waals surface area contributed by atoms with Crippen molar-refractivity contribution in [1.29, 1.82) is 0 Å². The summed E-state index contributed by atoms with van der Waals surface area (Å²) < 4.78 is 15.2. The third kappa shape index (κ3) is 8.00. The number of carbonyl (C=O) groups excluding carboxylic acids is 4. The third-order valence-corrected chi connectivity index (χ3v) is 4.60. The molecule has 2 aromatic carbocycles. The smallest absolute Gasteiger partial charge is 0.308 e. The fraction of sp³-hybridized carbons (Fsp3) is 0.273. The topological polar surface area (TPSA) is 132 Å². The minimum absolute atomic E-state index is 0.202. The average molecular weight is 478 g/mol. The summed E-state index contributed by atoms with van der Waals surface area (Å²) in [5, 5.41) is 3.16. The van der Waals surface area contributed by atoms with E-state index in [1.54, 1.807) is 30.3 Å². The molecule has 0 saturated heterocycles. The summed E-state index contributed by atoms with van der Waals surface area (Å²) in [5.74, 6) is -1.62. The summed E-state index contributed by atoms with van der Waals surface area (Å²) in [6.07, 6.45) is -0.202. The van der Waals surface area contributed by atoms with Gasteiger partial charge in [0.15, 0.2) is 18.1 Å². The molecule has 0 bridgehead atoms. The van der Waals surface area contributed by atoms with Gasteiger partial charge >= 0.3 is 5.97 Å². The van der Waals surface area contributed by atoms with Crippen LogP contribution in [0.15, 0.2) is 42.5 Å². The fourth-order valence-electron chi connectivity index (χ4n) is 2.78. The molecule has 0 spiro atoms. The SMILES string of the molecule is COc1ccc(C(=O)NNC(=O)COC(=O)CC(NC(C)=O)c2ccc(Cl)cc2)cc1OC. The zero-order chi connectivity index (χ0) is 24.4. The maximum Gasteiger partial charge on any atom is 0.308 e. The summed E-state index contributed by atoms with van der Waals surface area (Å²) in [4.78, 5) is 47.8. The molecule has 1 atom stereocenters. The molecule has 0 aliphatic carbocycles. The van der Waals surface area contributed by atoms with Crippen LogP contribution in [-0.2, 0) is 19.1 Å². The van der Waals surface area contributed by atoms with Crippen molar-refractivity contribution in [1.82, 2.24) is 16.2 Å². The van der Waals surface area contributed by atoms with E-state index < -0.39 is 30.4 Å². The first kappa shape index (κ1) is 25.5. The molecule has 0 aliphatic heterocycles. The Bertz CT molecular complexity index is 1010. The standard InChI is InChI=1S/C22H24ClN3O7/c1-13(27)24-17(14-4-7-16(23)8-5-14)11-21(29)33-12-20(28)25-26-22(30)15-6-9-18(31-2)19(10-15)32-3/h4-10,17H,11-12H2,1-3H3,(H,24,27)(H,25,28)(H,26,30). The number of halogens is 1. The highest BCUT2D eigenvalue weighted by molar-refractivity contribution is 6.30. The molecule has 0 aliphatic rings. The highest BCUT2D eigenvalue weighted by atomic mass is 35.5. The van der Waals surface area contributed by atoms with E-state index >= 15 is 0 Å². The number of ether oxygens (including phenoxy) is 3. The molecule has 176 valence electrons. The van der Waals surface area contributed by atoms with Crippen molar-refractivity contribution < 1.29 is 33.4 Å². The highest BCUT2D eigenvalue weighted by Gasteiger charge is 2.19. The molecule has 11 heteroatoms. The van der Waals surface area contributed by atoms with Gasteiger partial charge in [-0.2, -0.15) is 0 Å². The first-order valence-corrected chi connectivity index (χ1v) is 10.1. The number of hydrogen-bond acceptors (Lipinski definition) is 7. The molecule has 2 aromatic rings. The number of esters is 1. The minimum atomic E-state index is -0.750. The zero-order valence-corrected chi connectivity index (χ0v) is 19.0. The highest BCUT2D eigenvalue weighted by Crippen LogP contribution is 2.27. The number of hydrazine groups is 1. The Labute approximate surface area is 195 Å². The second-order valence-corrected chi connectivity index (χ2v) is 7.18. The van der Waals surface area contributed by atoms with Crippen LogP contribution >= 0.6 is 11.6 Å². The maximum atomic E-state index is 12.2. The number of amides is 3. The zero-order valence-electron chi connectivity index (χ0n) is 18.3. The molecule has 33 heavy (non-hydrogen) atoms. The van der Waals surface area contributed by atoms with E-state index in [9.17, 15) is 19.2 Å². The normalized spacial score (nSPS) is 11.0. The maximum absolute atomic E-state index is 12.2. The fourth-order valence-corrected chi connectivity index (χ4v) is 2.90. The van der Waals surface area contributed by atoms with Crippen LogP contribution in [0.4, 0.5) is 0 Å². The molecule has 3 N–H and O–H groups in total. The van der Waals surface area contributed by atoms with Crippen LogP contribution in [0.25, 0.3) is 0 Å². The first-order chi connectivity index (χ1) is 15.7. The van der Waals surface area contributed by atoms with Gasteiger partial charge in [-0.1, -0.05) is 23.7 Å². The van der Waals surface area contributed by atoms with E-state index in [-0.39, 0.29) is 17.9 Å². The quantitative estimate of drug-likeness (QED) is 0.371. The van der Waals surface area contributed by atoms with E-state index in [2.05, 4.69) is 16.2 Å². The van der Waals surface area contributed by atoms with Crippen LogP contribution in [0, 0.1) is 0 Å². The lowest BCUT2D eigenvalue weighted by Crippen LogP contribution is -2.43. The number of nitrogens with one attached hydrogen (secondary N) is 3. The molecule has 0 fully saturated rings. The molecule has 0 saturated carbocycles. The predicted molar refractivity (Wildman–Crippen MR) is 119 cm³/mol. The molecule has 2 rings (SSSR count). The van der Waals surface area contributed by atoms with Crippen molar-refractivity contribution in [2.75, 3.05) is 20.8 Å². The summed E-state index contributed by atoms with van der Waals surface area (Å²) in [6, 6.07) is 10.4. The van der Waals surface area contributed by atoms with Crippen molar-refractivity contribution in [3.8, 4) is 11.5 Å². The Morgan fingerprint density at radius 2 is 1.61 bits per heavy atom. The van der Waals surface area contributed by atoms with Crippen LogP contribution < -0.4 is 25.6 Å². The number of rotatable bonds is 9. The molecule has 3 amide bonds. The van der Waals surface area contributed by atoms with Gasteiger partial charge in [0.2, 0.25) is 5.91 Å². The summed E-state index contributed by atoms with van der Waals surface area (Å²) in [7, 11) is 2.89. The molecule has 0 radical (unpaired) electrons. The summed E-state index contributed by atoms with van der Waals surface area (Å²) >= 11 is 5.87. The van der Waals surface area contributed by atoms with E-state index in [0.717, 1.165) is 0 Å². The molecule has 10 nitrogen and oxygen atoms in total. The van der Waals surface area contributed by atoms with Crippen molar-refractivity contribution in [2.24, 2.45) is 0 Å². The Morgan fingerprint density at radius 1 is 0.939 bits per heavy atom. The number of carbonyl (C=O) groups is 4. The number of methoxy groups -OCH3 is 2. The van der Waals surface area contributed by atoms with E-state index in [4.69, 9.17) is 25.8 Å². The van der Waals surface area contributed by atoms with Gasteiger partial charge in [-0.05, 0) is 35.9 Å². The van der Waals surface area contributed by atoms with Crippen molar-refractivity contribution in [2.45, 2.75) is 19.4 Å². The largest absolute Gasteiger partial charge is 0.493 e. The van der Waals surface area contributed by atoms with Gasteiger partial charge in [0.1, 0.15) is 0 Å². The first-order valence-electron chi connectivity index (χ1n) is 9.73. The van der Waals surface area contributed by atoms with Crippen LogP contribution in [0.1, 0.15) is 35.3 Å². The molecule has 0 heterocycles.